The molecule has 0 saturated carbocycles. The number of benzene rings is 2. The standard InChI is InChI=1S/C38H41NO/c1-6-7-17-30-24-35-27(2)15-11-13-19-32(23-22-28(3)38(35,5)26-30)39-36-25-31-18-12-14-20-33(31)34-21-10-8-9-16-29(4)40-37(34)36/h7-10,12-14,16-20,23-25,39H,3-4,6,11,15,21-22,26H2,1-2,5H3/b10-8-,16-9-,17-7?,19-13?,32-23?,35-27-. The van der Waals surface area contributed by atoms with E-state index in [0.717, 1.165) is 61.2 Å². The lowest BCUT2D eigenvalue weighted by molar-refractivity contribution is 0.445. The predicted molar refractivity (Wildman–Crippen MR) is 172 cm³/mol. The number of anilines is 1. The summed E-state index contributed by atoms with van der Waals surface area (Å²) in [6.07, 6.45) is 27.6. The van der Waals surface area contributed by atoms with Crippen molar-refractivity contribution in [2.45, 2.75) is 59.3 Å². The summed E-state index contributed by atoms with van der Waals surface area (Å²) in [4.78, 5) is 0. The third-order valence-corrected chi connectivity index (χ3v) is 8.31. The molecule has 5 rings (SSSR count). The fourth-order valence-electron chi connectivity index (χ4n) is 6.01. The zero-order valence-electron chi connectivity index (χ0n) is 24.2. The van der Waals surface area contributed by atoms with E-state index in [9.17, 15) is 0 Å². The molecule has 1 heterocycles. The Morgan fingerprint density at radius 1 is 1.07 bits per heavy atom. The molecule has 2 aromatic rings. The molecule has 0 saturated heterocycles. The summed E-state index contributed by atoms with van der Waals surface area (Å²) in [5.74, 6) is 1.46. The molecule has 204 valence electrons. The Morgan fingerprint density at radius 2 is 1.93 bits per heavy atom. The second-order valence-corrected chi connectivity index (χ2v) is 11.3. The predicted octanol–water partition coefficient (Wildman–Crippen LogP) is 10.6. The largest absolute Gasteiger partial charge is 0.455 e. The summed E-state index contributed by atoms with van der Waals surface area (Å²) in [6, 6.07) is 10.7. The normalized spacial score (nSPS) is 25.1. The number of allylic oxidation sites excluding steroid dienone is 14. The van der Waals surface area contributed by atoms with E-state index < -0.39 is 0 Å². The van der Waals surface area contributed by atoms with Gasteiger partial charge in [-0.2, -0.15) is 0 Å². The number of ether oxygens (including phenoxy) is 1. The molecule has 0 spiro atoms. The zero-order chi connectivity index (χ0) is 28.1. The van der Waals surface area contributed by atoms with Crippen LogP contribution in [0.2, 0.25) is 0 Å². The molecule has 2 aromatic carbocycles. The van der Waals surface area contributed by atoms with E-state index in [1.165, 1.54) is 33.1 Å². The van der Waals surface area contributed by atoms with Gasteiger partial charge in [-0.1, -0.05) is 111 Å². The van der Waals surface area contributed by atoms with Gasteiger partial charge in [0.05, 0.1) is 5.69 Å². The third kappa shape index (κ3) is 5.77. The first kappa shape index (κ1) is 27.5. The molecule has 40 heavy (non-hydrogen) atoms. The maximum atomic E-state index is 6.40. The molecule has 2 heteroatoms. The Morgan fingerprint density at radius 3 is 2.77 bits per heavy atom. The summed E-state index contributed by atoms with van der Waals surface area (Å²) in [5.41, 5.74) is 8.68. The van der Waals surface area contributed by atoms with Gasteiger partial charge in [-0.25, -0.2) is 0 Å². The van der Waals surface area contributed by atoms with Crippen LogP contribution >= 0.6 is 0 Å². The maximum absolute atomic E-state index is 6.40. The van der Waals surface area contributed by atoms with Crippen molar-refractivity contribution in [2.24, 2.45) is 5.41 Å². The molecule has 0 radical (unpaired) electrons. The topological polar surface area (TPSA) is 21.3 Å². The van der Waals surface area contributed by atoms with E-state index in [1.54, 1.807) is 0 Å². The highest BCUT2D eigenvalue weighted by molar-refractivity contribution is 5.93. The van der Waals surface area contributed by atoms with E-state index in [2.05, 4.69) is 118 Å². The Bertz CT molecular complexity index is 1550. The van der Waals surface area contributed by atoms with Crippen molar-refractivity contribution in [3.05, 3.63) is 144 Å². The number of nitrogens with one attached hydrogen (secondary N) is 1. The van der Waals surface area contributed by atoms with E-state index in [0.29, 0.717) is 5.76 Å². The lowest BCUT2D eigenvalue weighted by Crippen LogP contribution is -2.19. The number of hydrogen-bond acceptors (Lipinski definition) is 2. The molecule has 2 nitrogen and oxygen atoms in total. The minimum absolute atomic E-state index is 0.0561. The van der Waals surface area contributed by atoms with Crippen LogP contribution in [0.3, 0.4) is 0 Å². The smallest absolute Gasteiger partial charge is 0.154 e. The van der Waals surface area contributed by atoms with Gasteiger partial charge in [0.15, 0.2) is 5.75 Å². The number of fused-ring (bicyclic) bond motifs is 4. The van der Waals surface area contributed by atoms with Crippen LogP contribution in [0.4, 0.5) is 5.69 Å². The van der Waals surface area contributed by atoms with Crippen molar-refractivity contribution in [2.75, 3.05) is 5.32 Å². The van der Waals surface area contributed by atoms with Crippen molar-refractivity contribution in [1.82, 2.24) is 0 Å². The highest BCUT2D eigenvalue weighted by Crippen LogP contribution is 2.50. The van der Waals surface area contributed by atoms with Crippen molar-refractivity contribution in [3.8, 4) is 5.75 Å². The highest BCUT2D eigenvalue weighted by atomic mass is 16.5. The SMILES string of the molecule is C=C1/C=C\C=C/Cc2c(c(NC3=CCC(=C)C4(C)CC(C=CCC)=C/C4=C(\C)CCC=C3)cc3ccccc23)O1. The lowest BCUT2D eigenvalue weighted by Gasteiger charge is -2.30. The minimum Gasteiger partial charge on any atom is -0.455 e. The second kappa shape index (κ2) is 12.0. The van der Waals surface area contributed by atoms with Crippen molar-refractivity contribution in [3.63, 3.8) is 0 Å². The molecule has 1 atom stereocenters. The first-order chi connectivity index (χ1) is 19.4. The Balaban J connectivity index is 1.52. The monoisotopic (exact) mass is 527 g/mol. The Hall–Kier alpha value is -4.04. The maximum Gasteiger partial charge on any atom is 0.154 e. The minimum atomic E-state index is -0.0561. The van der Waals surface area contributed by atoms with Gasteiger partial charge in [-0.15, -0.1) is 0 Å². The molecular weight excluding hydrogens is 486 g/mol. The molecule has 1 N–H and O–H groups in total. The van der Waals surface area contributed by atoms with Gasteiger partial charge in [0.25, 0.3) is 0 Å². The van der Waals surface area contributed by atoms with Gasteiger partial charge in [0.2, 0.25) is 0 Å². The van der Waals surface area contributed by atoms with Gasteiger partial charge in [-0.3, -0.25) is 0 Å². The van der Waals surface area contributed by atoms with Crippen LogP contribution in [0.1, 0.15) is 58.4 Å². The highest BCUT2D eigenvalue weighted by Gasteiger charge is 2.36. The van der Waals surface area contributed by atoms with Crippen molar-refractivity contribution in [1.29, 1.82) is 0 Å². The zero-order valence-corrected chi connectivity index (χ0v) is 24.2. The van der Waals surface area contributed by atoms with Crippen LogP contribution in [-0.4, -0.2) is 0 Å². The van der Waals surface area contributed by atoms with Gasteiger partial charge < -0.3 is 10.1 Å². The second-order valence-electron chi connectivity index (χ2n) is 11.3. The van der Waals surface area contributed by atoms with Crippen LogP contribution in [0.25, 0.3) is 10.8 Å². The summed E-state index contributed by atoms with van der Waals surface area (Å²) >= 11 is 0. The molecule has 0 amide bonds. The van der Waals surface area contributed by atoms with Gasteiger partial charge in [-0.05, 0) is 85.6 Å². The Kier molecular flexibility index (Phi) is 8.26. The number of hydrogen-bond donors (Lipinski definition) is 1. The van der Waals surface area contributed by atoms with Gasteiger partial charge in [0, 0.05) is 16.7 Å². The molecule has 0 fully saturated rings. The molecule has 1 unspecified atom stereocenters. The van der Waals surface area contributed by atoms with E-state index in [4.69, 9.17) is 4.74 Å². The van der Waals surface area contributed by atoms with E-state index >= 15 is 0 Å². The van der Waals surface area contributed by atoms with Gasteiger partial charge in [0.1, 0.15) is 5.76 Å². The van der Waals surface area contributed by atoms with Crippen molar-refractivity contribution < 1.29 is 4.74 Å². The van der Waals surface area contributed by atoms with Crippen LogP contribution < -0.4 is 10.1 Å². The summed E-state index contributed by atoms with van der Waals surface area (Å²) in [6.45, 7) is 15.6. The Labute approximate surface area is 240 Å². The van der Waals surface area contributed by atoms with Crippen LogP contribution in [-0.2, 0) is 6.42 Å². The van der Waals surface area contributed by atoms with E-state index in [-0.39, 0.29) is 5.41 Å². The number of rotatable bonds is 4. The first-order valence-corrected chi connectivity index (χ1v) is 14.5. The van der Waals surface area contributed by atoms with Crippen LogP contribution in [0, 0.1) is 5.41 Å². The summed E-state index contributed by atoms with van der Waals surface area (Å²) in [5, 5.41) is 6.13. The van der Waals surface area contributed by atoms with Crippen molar-refractivity contribution >= 4 is 16.5 Å². The molecule has 0 bridgehead atoms. The third-order valence-electron chi connectivity index (χ3n) is 8.31. The fraction of sp³-hybridized carbons (Fsp3) is 0.263. The van der Waals surface area contributed by atoms with Crippen LogP contribution in [0.15, 0.2) is 138 Å². The summed E-state index contributed by atoms with van der Waals surface area (Å²) in [7, 11) is 0. The van der Waals surface area contributed by atoms with E-state index in [1.807, 2.05) is 12.2 Å². The van der Waals surface area contributed by atoms with Crippen LogP contribution in [0.5, 0.6) is 5.75 Å². The first-order valence-electron chi connectivity index (χ1n) is 14.5. The average Bonchev–Trinajstić information content (AvgIpc) is 3.33. The molecule has 2 aliphatic carbocycles. The lowest BCUT2D eigenvalue weighted by atomic mass is 9.73. The molecule has 3 aliphatic rings. The fourth-order valence-corrected chi connectivity index (χ4v) is 6.01. The quantitative estimate of drug-likeness (QED) is 0.399. The molecule has 1 aliphatic heterocycles. The van der Waals surface area contributed by atoms with Gasteiger partial charge >= 0.3 is 0 Å². The molecular formula is C38H41NO. The summed E-state index contributed by atoms with van der Waals surface area (Å²) < 4.78 is 6.40. The average molecular weight is 528 g/mol. The molecule has 0 aromatic heterocycles.